The van der Waals surface area contributed by atoms with E-state index in [9.17, 15) is 0 Å². The van der Waals surface area contributed by atoms with Gasteiger partial charge in [0.2, 0.25) is 0 Å². The Bertz CT molecular complexity index is 1230. The minimum Gasteiger partial charge on any atom is -0.493 e. The number of fused-ring (bicyclic) bond motifs is 2. The maximum absolute atomic E-state index is 6.18. The van der Waals surface area contributed by atoms with Gasteiger partial charge in [0.15, 0.2) is 28.6 Å². The van der Waals surface area contributed by atoms with Crippen molar-refractivity contribution in [3.8, 4) is 17.2 Å². The number of aliphatic imine (C=N–C) groups is 1. The molecule has 0 aliphatic carbocycles. The van der Waals surface area contributed by atoms with Crippen molar-refractivity contribution in [2.75, 3.05) is 34.5 Å². The lowest BCUT2D eigenvalue weighted by Gasteiger charge is -2.29. The topological polar surface area (TPSA) is 65.7 Å². The molecule has 0 fully saturated rings. The van der Waals surface area contributed by atoms with E-state index in [2.05, 4.69) is 28.1 Å². The zero-order valence-corrected chi connectivity index (χ0v) is 19.9. The first-order chi connectivity index (χ1) is 15.9. The van der Waals surface area contributed by atoms with Crippen LogP contribution in [-0.2, 0) is 24.2 Å². The number of benzene rings is 2. The van der Waals surface area contributed by atoms with Crippen LogP contribution in [-0.4, -0.2) is 50.8 Å². The lowest BCUT2D eigenvalue weighted by molar-refractivity contribution is 0.245. The summed E-state index contributed by atoms with van der Waals surface area (Å²) in [5.74, 6) is 3.45. The number of methoxy groups -OCH3 is 3. The quantitative estimate of drug-likeness (QED) is 0.548. The van der Waals surface area contributed by atoms with Crippen molar-refractivity contribution in [3.63, 3.8) is 0 Å². The van der Waals surface area contributed by atoms with Crippen molar-refractivity contribution in [1.29, 1.82) is 0 Å². The lowest BCUT2D eigenvalue weighted by atomic mass is 9.98. The van der Waals surface area contributed by atoms with Gasteiger partial charge < -0.3 is 23.4 Å². The maximum atomic E-state index is 6.18. The summed E-state index contributed by atoms with van der Waals surface area (Å²) in [7, 11) is 5.01. The third-order valence-corrected chi connectivity index (χ3v) is 6.33. The Morgan fingerprint density at radius 1 is 0.970 bits per heavy atom. The zero-order valence-electron chi connectivity index (χ0n) is 19.9. The van der Waals surface area contributed by atoms with Crippen LogP contribution < -0.4 is 14.2 Å². The van der Waals surface area contributed by atoms with Crippen LogP contribution in [0, 0.1) is 0 Å². The number of ether oxygens (including phenoxy) is 4. The standard InChI is InChI=1S/C26H30N2O5/c1-26(2)15-32-25(27-26)23-12-19-17(6-7-20(29-3)24(19)33-23)13-28-9-8-16-10-21(30-4)22(31-5)11-18(16)14-28/h6-7,10-12H,8-9,13-15H2,1-5H3. The van der Waals surface area contributed by atoms with Crippen LogP contribution in [0.25, 0.3) is 11.0 Å². The minimum atomic E-state index is -0.244. The first-order valence-electron chi connectivity index (χ1n) is 11.2. The predicted molar refractivity (Wildman–Crippen MR) is 127 cm³/mol. The molecule has 3 heterocycles. The van der Waals surface area contributed by atoms with Crippen LogP contribution in [0.2, 0.25) is 0 Å². The van der Waals surface area contributed by atoms with E-state index in [1.807, 2.05) is 26.0 Å². The second-order valence-corrected chi connectivity index (χ2v) is 9.24. The van der Waals surface area contributed by atoms with E-state index in [0.717, 1.165) is 48.5 Å². The van der Waals surface area contributed by atoms with Gasteiger partial charge >= 0.3 is 0 Å². The summed E-state index contributed by atoms with van der Waals surface area (Å²) in [6, 6.07) is 10.3. The largest absolute Gasteiger partial charge is 0.493 e. The summed E-state index contributed by atoms with van der Waals surface area (Å²) in [6.07, 6.45) is 0.964. The average molecular weight is 451 g/mol. The smallest absolute Gasteiger partial charge is 0.253 e. The number of rotatable bonds is 6. The van der Waals surface area contributed by atoms with Gasteiger partial charge in [0.05, 0.1) is 26.9 Å². The highest BCUT2D eigenvalue weighted by molar-refractivity contribution is 5.99. The number of nitrogens with zero attached hydrogens (tertiary/aromatic N) is 2. The van der Waals surface area contributed by atoms with E-state index in [0.29, 0.717) is 24.0 Å². The average Bonchev–Trinajstić information content (AvgIpc) is 3.42. The molecule has 2 aromatic carbocycles. The molecule has 5 rings (SSSR count). The fraction of sp³-hybridized carbons (Fsp3) is 0.423. The molecule has 0 spiro atoms. The van der Waals surface area contributed by atoms with Gasteiger partial charge in [0, 0.05) is 25.0 Å². The highest BCUT2D eigenvalue weighted by atomic mass is 16.5. The SMILES string of the molecule is COc1cc2c(cc1OC)CN(Cc1ccc(OC)c3oc(C4=NC(C)(C)CO4)cc13)CC2. The molecule has 0 N–H and O–H groups in total. The highest BCUT2D eigenvalue weighted by Gasteiger charge is 2.30. The number of hydrogen-bond donors (Lipinski definition) is 0. The van der Waals surface area contributed by atoms with Crippen molar-refractivity contribution in [2.24, 2.45) is 4.99 Å². The number of furan rings is 1. The molecule has 174 valence electrons. The maximum Gasteiger partial charge on any atom is 0.253 e. The van der Waals surface area contributed by atoms with Crippen molar-refractivity contribution in [3.05, 3.63) is 52.8 Å². The molecule has 0 unspecified atom stereocenters. The van der Waals surface area contributed by atoms with E-state index < -0.39 is 0 Å². The third-order valence-electron chi connectivity index (χ3n) is 6.33. The molecule has 0 saturated carbocycles. The van der Waals surface area contributed by atoms with E-state index in [-0.39, 0.29) is 5.54 Å². The Kier molecular flexibility index (Phi) is 5.44. The van der Waals surface area contributed by atoms with Crippen LogP contribution in [0.1, 0.15) is 36.3 Å². The first kappa shape index (κ1) is 21.6. The van der Waals surface area contributed by atoms with E-state index in [1.165, 1.54) is 16.7 Å². The fourth-order valence-electron chi connectivity index (χ4n) is 4.59. The molecule has 0 saturated heterocycles. The van der Waals surface area contributed by atoms with Gasteiger partial charge in [-0.2, -0.15) is 0 Å². The van der Waals surface area contributed by atoms with Gasteiger partial charge in [-0.25, -0.2) is 4.99 Å². The molecule has 0 atom stereocenters. The third kappa shape index (κ3) is 4.02. The molecule has 2 aliphatic rings. The molecular formula is C26H30N2O5. The predicted octanol–water partition coefficient (Wildman–Crippen LogP) is 4.57. The molecule has 33 heavy (non-hydrogen) atoms. The molecule has 7 nitrogen and oxygen atoms in total. The molecule has 0 bridgehead atoms. The molecule has 0 radical (unpaired) electrons. The van der Waals surface area contributed by atoms with E-state index >= 15 is 0 Å². The Balaban J connectivity index is 1.45. The highest BCUT2D eigenvalue weighted by Crippen LogP contribution is 2.36. The second-order valence-electron chi connectivity index (χ2n) is 9.24. The first-order valence-corrected chi connectivity index (χ1v) is 11.2. The second kappa shape index (κ2) is 8.30. The fourth-order valence-corrected chi connectivity index (χ4v) is 4.59. The summed E-state index contributed by atoms with van der Waals surface area (Å²) in [5.41, 5.74) is 4.25. The summed E-state index contributed by atoms with van der Waals surface area (Å²) in [5, 5.41) is 1.03. The van der Waals surface area contributed by atoms with Crippen LogP contribution in [0.3, 0.4) is 0 Å². The Morgan fingerprint density at radius 3 is 2.36 bits per heavy atom. The molecule has 1 aromatic heterocycles. The van der Waals surface area contributed by atoms with Gasteiger partial charge in [-0.3, -0.25) is 4.90 Å². The summed E-state index contributed by atoms with van der Waals surface area (Å²) in [6.45, 7) is 7.25. The van der Waals surface area contributed by atoms with E-state index in [1.54, 1.807) is 21.3 Å². The summed E-state index contributed by atoms with van der Waals surface area (Å²) in [4.78, 5) is 7.11. The van der Waals surface area contributed by atoms with Crippen LogP contribution >= 0.6 is 0 Å². The Morgan fingerprint density at radius 2 is 1.70 bits per heavy atom. The van der Waals surface area contributed by atoms with Crippen molar-refractivity contribution in [1.82, 2.24) is 4.90 Å². The Hall–Kier alpha value is -3.19. The van der Waals surface area contributed by atoms with Crippen molar-refractivity contribution < 1.29 is 23.4 Å². The molecule has 2 aliphatic heterocycles. The van der Waals surface area contributed by atoms with E-state index in [4.69, 9.17) is 23.4 Å². The molecule has 7 heteroatoms. The Labute approximate surface area is 193 Å². The van der Waals surface area contributed by atoms with Gasteiger partial charge in [-0.05, 0) is 61.2 Å². The summed E-state index contributed by atoms with van der Waals surface area (Å²) >= 11 is 0. The van der Waals surface area contributed by atoms with Crippen LogP contribution in [0.4, 0.5) is 0 Å². The van der Waals surface area contributed by atoms with Gasteiger partial charge in [0.1, 0.15) is 6.61 Å². The monoisotopic (exact) mass is 450 g/mol. The molecule has 0 amide bonds. The lowest BCUT2D eigenvalue weighted by Crippen LogP contribution is -2.30. The van der Waals surface area contributed by atoms with Crippen LogP contribution in [0.5, 0.6) is 17.2 Å². The van der Waals surface area contributed by atoms with Gasteiger partial charge in [0.25, 0.3) is 5.90 Å². The summed E-state index contributed by atoms with van der Waals surface area (Å²) < 4.78 is 28.5. The van der Waals surface area contributed by atoms with Crippen molar-refractivity contribution >= 4 is 16.9 Å². The van der Waals surface area contributed by atoms with Crippen molar-refractivity contribution in [2.45, 2.75) is 38.9 Å². The minimum absolute atomic E-state index is 0.244. The van der Waals surface area contributed by atoms with Gasteiger partial charge in [-0.1, -0.05) is 6.07 Å². The molecule has 3 aromatic rings. The number of hydrogen-bond acceptors (Lipinski definition) is 7. The molecular weight excluding hydrogens is 420 g/mol. The zero-order chi connectivity index (χ0) is 23.2. The van der Waals surface area contributed by atoms with Gasteiger partial charge in [-0.15, -0.1) is 0 Å². The van der Waals surface area contributed by atoms with Crippen LogP contribution in [0.15, 0.2) is 39.7 Å². The normalized spacial score (nSPS) is 17.4.